The molecule has 106 valence electrons. The van der Waals surface area contributed by atoms with Crippen molar-refractivity contribution < 1.29 is 19.0 Å². The summed E-state index contributed by atoms with van der Waals surface area (Å²) in [6.45, 7) is 1.25. The summed E-state index contributed by atoms with van der Waals surface area (Å²) >= 11 is 0. The molecule has 0 saturated heterocycles. The summed E-state index contributed by atoms with van der Waals surface area (Å²) in [5.41, 5.74) is 0.873. The Balaban J connectivity index is 2.29. The molecule has 0 aliphatic rings. The molecule has 0 aliphatic carbocycles. The number of hydrogen-bond donors (Lipinski definition) is 3. The molecule has 6 heteroatoms. The Bertz CT molecular complexity index is 613. The van der Waals surface area contributed by atoms with Crippen LogP contribution >= 0.6 is 0 Å². The summed E-state index contributed by atoms with van der Waals surface area (Å²) in [6, 6.07) is 3.54. The number of nitrogens with one attached hydrogen (secondary N) is 1. The first-order valence-corrected chi connectivity index (χ1v) is 5.99. The van der Waals surface area contributed by atoms with E-state index in [1.54, 1.807) is 6.92 Å². The first-order valence-electron chi connectivity index (χ1n) is 5.99. The van der Waals surface area contributed by atoms with E-state index in [-0.39, 0.29) is 24.6 Å². The Hall–Kier alpha value is -2.21. The lowest BCUT2D eigenvalue weighted by molar-refractivity contribution is 0.279. The molecule has 20 heavy (non-hydrogen) atoms. The molecule has 3 N–H and O–H groups in total. The molecule has 1 aromatic carbocycles. The van der Waals surface area contributed by atoms with Crippen molar-refractivity contribution >= 4 is 5.69 Å². The summed E-state index contributed by atoms with van der Waals surface area (Å²) in [5.74, 6) is -1.54. The number of para-hydroxylation sites is 1. The number of aryl methyl sites for hydroxylation is 1. The maximum atomic E-state index is 13.5. The van der Waals surface area contributed by atoms with Gasteiger partial charge in [-0.05, 0) is 19.1 Å². The quantitative estimate of drug-likeness (QED) is 0.805. The van der Waals surface area contributed by atoms with Gasteiger partial charge in [-0.1, -0.05) is 6.07 Å². The molecule has 0 fully saturated rings. The van der Waals surface area contributed by atoms with Gasteiger partial charge in [0, 0.05) is 23.9 Å². The van der Waals surface area contributed by atoms with Gasteiger partial charge in [0.15, 0.2) is 0 Å². The monoisotopic (exact) mass is 280 g/mol. The zero-order valence-corrected chi connectivity index (χ0v) is 10.8. The van der Waals surface area contributed by atoms with Crippen LogP contribution in [0.15, 0.2) is 24.4 Å². The van der Waals surface area contributed by atoms with Crippen molar-refractivity contribution in [1.29, 1.82) is 0 Å². The molecular weight excluding hydrogens is 266 g/mol. The van der Waals surface area contributed by atoms with Crippen molar-refractivity contribution in [3.63, 3.8) is 0 Å². The first-order chi connectivity index (χ1) is 9.54. The topological polar surface area (TPSA) is 65.4 Å². The van der Waals surface area contributed by atoms with E-state index in [2.05, 4.69) is 10.3 Å². The Kier molecular flexibility index (Phi) is 4.14. The van der Waals surface area contributed by atoms with Gasteiger partial charge in [-0.3, -0.25) is 4.98 Å². The number of aromatic hydroxyl groups is 1. The van der Waals surface area contributed by atoms with Crippen LogP contribution in [-0.4, -0.2) is 15.2 Å². The predicted molar refractivity (Wildman–Crippen MR) is 70.2 cm³/mol. The van der Waals surface area contributed by atoms with Gasteiger partial charge in [0.2, 0.25) is 0 Å². The van der Waals surface area contributed by atoms with Gasteiger partial charge in [-0.2, -0.15) is 0 Å². The minimum absolute atomic E-state index is 0.0249. The number of aliphatic hydroxyl groups is 1. The molecule has 0 radical (unpaired) electrons. The van der Waals surface area contributed by atoms with E-state index in [1.165, 1.54) is 12.3 Å². The normalized spacial score (nSPS) is 10.6. The van der Waals surface area contributed by atoms with Gasteiger partial charge >= 0.3 is 0 Å². The standard InChI is InChI=1S/C14H14F2N2O2/c1-8-14(20)10(9(7-19)5-17-8)6-18-13-11(15)3-2-4-12(13)16/h2-5,18-20H,6-7H2,1H3. The van der Waals surface area contributed by atoms with Crippen LogP contribution in [0.4, 0.5) is 14.5 Å². The molecular formula is C14H14F2N2O2. The van der Waals surface area contributed by atoms with Gasteiger partial charge < -0.3 is 15.5 Å². The average Bonchev–Trinajstić information content (AvgIpc) is 2.42. The van der Waals surface area contributed by atoms with Crippen LogP contribution in [0.3, 0.4) is 0 Å². The van der Waals surface area contributed by atoms with E-state index >= 15 is 0 Å². The SMILES string of the molecule is Cc1ncc(CO)c(CNc2c(F)cccc2F)c1O. The Labute approximate surface area is 114 Å². The maximum absolute atomic E-state index is 13.5. The van der Waals surface area contributed by atoms with Crippen LogP contribution in [0.2, 0.25) is 0 Å². The van der Waals surface area contributed by atoms with E-state index in [1.807, 2.05) is 0 Å². The molecule has 0 bridgehead atoms. The van der Waals surface area contributed by atoms with Crippen molar-refractivity contribution in [1.82, 2.24) is 4.98 Å². The summed E-state index contributed by atoms with van der Waals surface area (Å²) in [4.78, 5) is 3.91. The van der Waals surface area contributed by atoms with Crippen molar-refractivity contribution in [2.75, 3.05) is 5.32 Å². The van der Waals surface area contributed by atoms with E-state index in [0.29, 0.717) is 16.8 Å². The van der Waals surface area contributed by atoms with E-state index < -0.39 is 11.6 Å². The second-order valence-electron chi connectivity index (χ2n) is 4.30. The second-order valence-corrected chi connectivity index (χ2v) is 4.30. The van der Waals surface area contributed by atoms with Crippen LogP contribution in [0.25, 0.3) is 0 Å². The number of halogens is 2. The summed E-state index contributed by atoms with van der Waals surface area (Å²) in [6.07, 6.45) is 1.42. The number of anilines is 1. The molecule has 0 atom stereocenters. The van der Waals surface area contributed by atoms with Gasteiger partial charge in [0.25, 0.3) is 0 Å². The largest absolute Gasteiger partial charge is 0.506 e. The number of rotatable bonds is 4. The smallest absolute Gasteiger partial charge is 0.149 e. The molecule has 1 heterocycles. The highest BCUT2D eigenvalue weighted by Gasteiger charge is 2.13. The third-order valence-electron chi connectivity index (χ3n) is 3.01. The molecule has 0 aliphatic heterocycles. The van der Waals surface area contributed by atoms with Gasteiger partial charge in [0.05, 0.1) is 12.3 Å². The van der Waals surface area contributed by atoms with Crippen molar-refractivity contribution in [3.8, 4) is 5.75 Å². The fourth-order valence-electron chi connectivity index (χ4n) is 1.86. The maximum Gasteiger partial charge on any atom is 0.149 e. The fraction of sp³-hybridized carbons (Fsp3) is 0.214. The Morgan fingerprint density at radius 2 is 1.90 bits per heavy atom. The lowest BCUT2D eigenvalue weighted by Gasteiger charge is -2.13. The molecule has 0 spiro atoms. The average molecular weight is 280 g/mol. The van der Waals surface area contributed by atoms with Crippen LogP contribution in [0, 0.1) is 18.6 Å². The van der Waals surface area contributed by atoms with Gasteiger partial charge in [-0.25, -0.2) is 8.78 Å². The second kappa shape index (κ2) is 5.83. The molecule has 4 nitrogen and oxygen atoms in total. The van der Waals surface area contributed by atoms with Gasteiger partial charge in [-0.15, -0.1) is 0 Å². The van der Waals surface area contributed by atoms with Crippen LogP contribution in [-0.2, 0) is 13.2 Å². The highest BCUT2D eigenvalue weighted by Crippen LogP contribution is 2.26. The number of aromatic nitrogens is 1. The summed E-state index contributed by atoms with van der Waals surface area (Å²) < 4.78 is 27.0. The van der Waals surface area contributed by atoms with Crippen LogP contribution < -0.4 is 5.32 Å². The van der Waals surface area contributed by atoms with Crippen molar-refractivity contribution in [2.24, 2.45) is 0 Å². The molecule has 0 unspecified atom stereocenters. The van der Waals surface area contributed by atoms with Crippen molar-refractivity contribution in [2.45, 2.75) is 20.1 Å². The first kappa shape index (κ1) is 14.2. The number of benzene rings is 1. The lowest BCUT2D eigenvalue weighted by Crippen LogP contribution is -2.08. The Morgan fingerprint density at radius 3 is 2.50 bits per heavy atom. The molecule has 2 aromatic rings. The minimum atomic E-state index is -0.721. The number of nitrogens with zero attached hydrogens (tertiary/aromatic N) is 1. The third-order valence-corrected chi connectivity index (χ3v) is 3.01. The van der Waals surface area contributed by atoms with Crippen molar-refractivity contribution in [3.05, 3.63) is 52.9 Å². The van der Waals surface area contributed by atoms with E-state index in [0.717, 1.165) is 12.1 Å². The number of hydrogen-bond acceptors (Lipinski definition) is 4. The zero-order valence-electron chi connectivity index (χ0n) is 10.8. The van der Waals surface area contributed by atoms with Crippen LogP contribution in [0.1, 0.15) is 16.8 Å². The zero-order chi connectivity index (χ0) is 14.7. The summed E-state index contributed by atoms with van der Waals surface area (Å²) in [7, 11) is 0. The molecule has 0 saturated carbocycles. The highest BCUT2D eigenvalue weighted by atomic mass is 19.1. The predicted octanol–water partition coefficient (Wildman–Crippen LogP) is 2.48. The number of pyridine rings is 1. The fourth-order valence-corrected chi connectivity index (χ4v) is 1.86. The molecule has 0 amide bonds. The van der Waals surface area contributed by atoms with E-state index in [9.17, 15) is 19.0 Å². The molecule has 2 rings (SSSR count). The Morgan fingerprint density at radius 1 is 1.25 bits per heavy atom. The summed E-state index contributed by atoms with van der Waals surface area (Å²) in [5, 5.41) is 21.7. The molecule has 1 aromatic heterocycles. The lowest BCUT2D eigenvalue weighted by atomic mass is 10.1. The highest BCUT2D eigenvalue weighted by molar-refractivity contribution is 5.49. The minimum Gasteiger partial charge on any atom is -0.506 e. The van der Waals surface area contributed by atoms with E-state index in [4.69, 9.17) is 0 Å². The third kappa shape index (κ3) is 2.70. The number of aliphatic hydroxyl groups excluding tert-OH is 1. The van der Waals surface area contributed by atoms with Gasteiger partial charge in [0.1, 0.15) is 23.1 Å². The van der Waals surface area contributed by atoms with Crippen LogP contribution in [0.5, 0.6) is 5.75 Å².